The van der Waals surface area contributed by atoms with E-state index in [0.717, 1.165) is 5.56 Å². The van der Waals surface area contributed by atoms with Crippen molar-refractivity contribution >= 4 is 39.1 Å². The van der Waals surface area contributed by atoms with Crippen LogP contribution in [0.4, 0.5) is 5.69 Å². The molecular formula is C23H18N2O5S. The van der Waals surface area contributed by atoms with Crippen LogP contribution >= 0.6 is 11.3 Å². The number of thiophene rings is 1. The van der Waals surface area contributed by atoms with Gasteiger partial charge in [-0.15, -0.1) is 11.3 Å². The zero-order valence-electron chi connectivity index (χ0n) is 16.5. The molecule has 0 radical (unpaired) electrons. The number of pyridine rings is 1. The van der Waals surface area contributed by atoms with E-state index in [9.17, 15) is 19.5 Å². The van der Waals surface area contributed by atoms with Crippen LogP contribution in [0.3, 0.4) is 0 Å². The Hall–Kier alpha value is -3.91. The molecule has 0 aliphatic rings. The number of hydrogen-bond acceptors (Lipinski definition) is 6. The number of amides is 1. The summed E-state index contributed by atoms with van der Waals surface area (Å²) in [7, 11) is 1.26. The number of nitrogens with zero attached hydrogens (tertiary/aromatic N) is 1. The molecule has 156 valence electrons. The van der Waals surface area contributed by atoms with E-state index >= 15 is 0 Å². The molecule has 0 aliphatic carbocycles. The van der Waals surface area contributed by atoms with Crippen molar-refractivity contribution in [2.75, 3.05) is 12.4 Å². The van der Waals surface area contributed by atoms with Crippen LogP contribution in [0.1, 0.15) is 26.3 Å². The molecule has 4 rings (SSSR count). The number of aromatic nitrogens is 1. The summed E-state index contributed by atoms with van der Waals surface area (Å²) in [6.45, 7) is 0.255. The number of nitrogens with one attached hydrogen (secondary N) is 1. The molecular weight excluding hydrogens is 416 g/mol. The number of esters is 1. The molecule has 2 aromatic carbocycles. The highest BCUT2D eigenvalue weighted by Crippen LogP contribution is 2.32. The topological polar surface area (TPSA) is 97.6 Å². The first-order valence-electron chi connectivity index (χ1n) is 9.36. The van der Waals surface area contributed by atoms with Crippen LogP contribution < -0.4 is 10.9 Å². The lowest BCUT2D eigenvalue weighted by molar-refractivity contribution is 0.0600. The third kappa shape index (κ3) is 3.93. The Balaban J connectivity index is 1.76. The summed E-state index contributed by atoms with van der Waals surface area (Å²) < 4.78 is 6.61. The van der Waals surface area contributed by atoms with Crippen LogP contribution in [0.15, 0.2) is 70.8 Å². The fraction of sp³-hybridized carbons (Fsp3) is 0.0870. The van der Waals surface area contributed by atoms with Crippen molar-refractivity contribution in [3.8, 4) is 5.75 Å². The minimum absolute atomic E-state index is 0.250. The average molecular weight is 434 g/mol. The number of benzene rings is 2. The van der Waals surface area contributed by atoms with Crippen LogP contribution in [-0.4, -0.2) is 28.7 Å². The van der Waals surface area contributed by atoms with Crippen LogP contribution in [0.25, 0.3) is 10.2 Å². The molecule has 2 aromatic heterocycles. The average Bonchev–Trinajstić information content (AvgIpc) is 3.27. The molecule has 0 spiro atoms. The number of carbonyl (C=O) groups excluding carboxylic acids is 2. The lowest BCUT2D eigenvalue weighted by Crippen LogP contribution is -2.29. The van der Waals surface area contributed by atoms with Gasteiger partial charge in [0.15, 0.2) is 5.75 Å². The Labute approximate surface area is 181 Å². The molecule has 8 heteroatoms. The van der Waals surface area contributed by atoms with E-state index in [-0.39, 0.29) is 23.4 Å². The number of aromatic hydroxyl groups is 1. The number of methoxy groups -OCH3 is 1. The highest BCUT2D eigenvalue weighted by Gasteiger charge is 2.23. The lowest BCUT2D eigenvalue weighted by atomic mass is 10.1. The molecule has 0 bridgehead atoms. The highest BCUT2D eigenvalue weighted by molar-refractivity contribution is 7.17. The van der Waals surface area contributed by atoms with Crippen molar-refractivity contribution in [2.45, 2.75) is 6.54 Å². The Morgan fingerprint density at radius 2 is 1.87 bits per heavy atom. The largest absolute Gasteiger partial charge is 0.505 e. The number of anilines is 1. The number of hydrogen-bond donors (Lipinski definition) is 2. The molecule has 0 atom stereocenters. The molecule has 2 N–H and O–H groups in total. The minimum atomic E-state index is -0.762. The summed E-state index contributed by atoms with van der Waals surface area (Å²) in [5.74, 6) is -1.67. The van der Waals surface area contributed by atoms with Crippen LogP contribution in [0.5, 0.6) is 5.75 Å². The Kier molecular flexibility index (Phi) is 5.55. The smallest absolute Gasteiger partial charge is 0.337 e. The molecule has 4 aromatic rings. The van der Waals surface area contributed by atoms with Gasteiger partial charge in [0.05, 0.1) is 29.4 Å². The molecule has 2 heterocycles. The van der Waals surface area contributed by atoms with E-state index in [1.54, 1.807) is 29.6 Å². The predicted molar refractivity (Wildman–Crippen MR) is 119 cm³/mol. The number of carbonyl (C=O) groups is 2. The monoisotopic (exact) mass is 434 g/mol. The van der Waals surface area contributed by atoms with Crippen LogP contribution in [0, 0.1) is 0 Å². The quantitative estimate of drug-likeness (QED) is 0.465. The second-order valence-electron chi connectivity index (χ2n) is 6.76. The maximum atomic E-state index is 13.2. The highest BCUT2D eigenvalue weighted by atomic mass is 32.1. The summed E-state index contributed by atoms with van der Waals surface area (Å²) in [5, 5.41) is 15.0. The predicted octanol–water partition coefficient (Wildman–Crippen LogP) is 3.86. The van der Waals surface area contributed by atoms with Gasteiger partial charge in [-0.3, -0.25) is 9.59 Å². The van der Waals surface area contributed by atoms with E-state index in [4.69, 9.17) is 0 Å². The van der Waals surface area contributed by atoms with Gasteiger partial charge in [-0.1, -0.05) is 36.4 Å². The van der Waals surface area contributed by atoms with Crippen molar-refractivity contribution in [2.24, 2.45) is 0 Å². The maximum Gasteiger partial charge on any atom is 0.337 e. The van der Waals surface area contributed by atoms with Crippen molar-refractivity contribution in [1.29, 1.82) is 0 Å². The molecule has 0 aliphatic heterocycles. The van der Waals surface area contributed by atoms with Crippen molar-refractivity contribution in [3.05, 3.63) is 93.1 Å². The first-order valence-corrected chi connectivity index (χ1v) is 10.2. The SMILES string of the molecule is COC(=O)c1cccc(NC(=O)c2c(O)c3sccc3n(Cc3ccccc3)c2=O)c1. The summed E-state index contributed by atoms with van der Waals surface area (Å²) in [6, 6.07) is 17.3. The molecule has 0 saturated heterocycles. The summed E-state index contributed by atoms with van der Waals surface area (Å²) in [5.41, 5.74) is 1.04. The second kappa shape index (κ2) is 8.45. The Morgan fingerprint density at radius 3 is 2.61 bits per heavy atom. The first-order chi connectivity index (χ1) is 15.0. The van der Waals surface area contributed by atoms with Gasteiger partial charge in [0.1, 0.15) is 5.56 Å². The van der Waals surface area contributed by atoms with Crippen molar-refractivity contribution in [1.82, 2.24) is 4.57 Å². The number of fused-ring (bicyclic) bond motifs is 1. The second-order valence-corrected chi connectivity index (χ2v) is 7.68. The standard InChI is InChI=1S/C23H18N2O5S/c1-30-23(29)15-8-5-9-16(12-15)24-21(27)18-19(26)20-17(10-11-31-20)25(22(18)28)13-14-6-3-2-4-7-14/h2-12,26H,13H2,1H3,(H,24,27). The molecule has 7 nitrogen and oxygen atoms in total. The Morgan fingerprint density at radius 1 is 1.10 bits per heavy atom. The fourth-order valence-corrected chi connectivity index (χ4v) is 4.16. The normalized spacial score (nSPS) is 10.7. The van der Waals surface area contributed by atoms with Crippen molar-refractivity contribution < 1.29 is 19.4 Å². The zero-order valence-corrected chi connectivity index (χ0v) is 17.3. The first kappa shape index (κ1) is 20.4. The van der Waals surface area contributed by atoms with E-state index < -0.39 is 17.4 Å². The van der Waals surface area contributed by atoms with Crippen LogP contribution in [0.2, 0.25) is 0 Å². The van der Waals surface area contributed by atoms with E-state index in [1.165, 1.54) is 29.1 Å². The van der Waals surface area contributed by atoms with E-state index in [1.807, 2.05) is 30.3 Å². The van der Waals surface area contributed by atoms with Gasteiger partial charge >= 0.3 is 5.97 Å². The lowest BCUT2D eigenvalue weighted by Gasteiger charge is -2.13. The molecule has 0 saturated carbocycles. The number of ether oxygens (including phenoxy) is 1. The Bertz CT molecular complexity index is 1340. The van der Waals surface area contributed by atoms with Gasteiger partial charge in [-0.05, 0) is 35.2 Å². The molecule has 0 fully saturated rings. The molecule has 0 unspecified atom stereocenters. The third-order valence-electron chi connectivity index (χ3n) is 4.80. The van der Waals surface area contributed by atoms with Crippen LogP contribution in [-0.2, 0) is 11.3 Å². The zero-order chi connectivity index (χ0) is 22.0. The third-order valence-corrected chi connectivity index (χ3v) is 5.71. The van der Waals surface area contributed by atoms with Gasteiger partial charge in [-0.2, -0.15) is 0 Å². The summed E-state index contributed by atoms with van der Waals surface area (Å²) in [6.07, 6.45) is 0. The van der Waals surface area contributed by atoms with Gasteiger partial charge < -0.3 is 19.7 Å². The minimum Gasteiger partial charge on any atom is -0.505 e. The molecule has 31 heavy (non-hydrogen) atoms. The van der Waals surface area contributed by atoms with E-state index in [2.05, 4.69) is 10.1 Å². The van der Waals surface area contributed by atoms with E-state index in [0.29, 0.717) is 15.9 Å². The summed E-state index contributed by atoms with van der Waals surface area (Å²) in [4.78, 5) is 38.0. The van der Waals surface area contributed by atoms with Gasteiger partial charge in [0.25, 0.3) is 11.5 Å². The maximum absolute atomic E-state index is 13.2. The molecule has 1 amide bonds. The number of rotatable bonds is 5. The van der Waals surface area contributed by atoms with Crippen molar-refractivity contribution in [3.63, 3.8) is 0 Å². The van der Waals surface area contributed by atoms with Gasteiger partial charge in [-0.25, -0.2) is 4.79 Å². The van der Waals surface area contributed by atoms with Gasteiger partial charge in [0.2, 0.25) is 0 Å². The summed E-state index contributed by atoms with van der Waals surface area (Å²) >= 11 is 1.24. The van der Waals surface area contributed by atoms with Gasteiger partial charge in [0, 0.05) is 5.69 Å². The fourth-order valence-electron chi connectivity index (χ4n) is 3.31.